The number of nitrogens with one attached hydrogen (secondary N) is 2. The molecule has 0 aliphatic heterocycles. The summed E-state index contributed by atoms with van der Waals surface area (Å²) in [4.78, 5) is 23.4. The Bertz CT molecular complexity index is 917. The average molecular weight is 390 g/mol. The van der Waals surface area contributed by atoms with Gasteiger partial charge in [-0.05, 0) is 24.3 Å². The molecule has 0 amide bonds. The summed E-state index contributed by atoms with van der Waals surface area (Å²) < 4.78 is 0. The van der Waals surface area contributed by atoms with Crippen LogP contribution in [0.5, 0.6) is 0 Å². The number of benzene rings is 1. The van der Waals surface area contributed by atoms with Crippen molar-refractivity contribution in [2.24, 2.45) is 0 Å². The molecule has 0 atom stereocenters. The molecular weight excluding hydrogens is 377 g/mol. The summed E-state index contributed by atoms with van der Waals surface area (Å²) in [5, 5.41) is 15.5. The second kappa shape index (κ2) is 7.99. The lowest BCUT2D eigenvalue weighted by Crippen LogP contribution is -2.15. The van der Waals surface area contributed by atoms with Crippen molar-refractivity contribution in [2.45, 2.75) is 0 Å². The number of pyridine rings is 1. The van der Waals surface area contributed by atoms with E-state index in [-0.39, 0.29) is 12.5 Å². The Hall–Kier alpha value is -2.90. The largest absolute Gasteiger partial charge is 0.480 e. The molecule has 3 aromatic rings. The number of halogens is 2. The first-order chi connectivity index (χ1) is 12.5. The van der Waals surface area contributed by atoms with E-state index in [0.29, 0.717) is 27.2 Å². The van der Waals surface area contributed by atoms with Crippen LogP contribution in [-0.2, 0) is 4.79 Å². The van der Waals surface area contributed by atoms with Gasteiger partial charge in [0.2, 0.25) is 5.95 Å². The number of aliphatic carboxylic acids is 1. The third kappa shape index (κ3) is 4.38. The van der Waals surface area contributed by atoms with Gasteiger partial charge in [0.05, 0.1) is 21.4 Å². The van der Waals surface area contributed by atoms with E-state index in [9.17, 15) is 4.79 Å². The van der Waals surface area contributed by atoms with Crippen LogP contribution in [0.25, 0.3) is 11.3 Å². The minimum absolute atomic E-state index is 0.160. The molecule has 2 aromatic heterocycles. The summed E-state index contributed by atoms with van der Waals surface area (Å²) in [6.07, 6.45) is 3.28. The number of para-hydroxylation sites is 1. The second-order valence-corrected chi connectivity index (χ2v) is 5.98. The van der Waals surface area contributed by atoms with Crippen LogP contribution in [-0.4, -0.2) is 32.6 Å². The number of aromatic nitrogens is 3. The number of hydrogen-bond donors (Lipinski definition) is 3. The molecule has 0 fully saturated rings. The fourth-order valence-corrected chi connectivity index (χ4v) is 2.65. The fraction of sp³-hybridized carbons (Fsp3) is 0.0588. The van der Waals surface area contributed by atoms with Gasteiger partial charge < -0.3 is 15.7 Å². The Morgan fingerprint density at radius 3 is 2.42 bits per heavy atom. The molecule has 0 bridgehead atoms. The maximum absolute atomic E-state index is 10.8. The van der Waals surface area contributed by atoms with E-state index in [1.165, 1.54) is 0 Å². The Balaban J connectivity index is 2.00. The molecule has 3 rings (SSSR count). The SMILES string of the molecule is O=C(O)CNc1nc(Nc2c(Cl)cccc2Cl)cc(-c2ccncc2)n1. The second-order valence-electron chi connectivity index (χ2n) is 5.17. The summed E-state index contributed by atoms with van der Waals surface area (Å²) in [6.45, 7) is -0.313. The van der Waals surface area contributed by atoms with Crippen molar-refractivity contribution in [3.63, 3.8) is 0 Å². The molecule has 0 radical (unpaired) electrons. The Labute approximate surface area is 159 Å². The lowest BCUT2D eigenvalue weighted by molar-refractivity contribution is -0.134. The zero-order chi connectivity index (χ0) is 18.5. The van der Waals surface area contributed by atoms with Gasteiger partial charge in [0.1, 0.15) is 12.4 Å². The molecule has 0 aliphatic rings. The van der Waals surface area contributed by atoms with Gasteiger partial charge in [-0.1, -0.05) is 29.3 Å². The quantitative estimate of drug-likeness (QED) is 0.583. The molecule has 26 heavy (non-hydrogen) atoms. The molecule has 1 aromatic carbocycles. The monoisotopic (exact) mass is 389 g/mol. The summed E-state index contributed by atoms with van der Waals surface area (Å²) in [5.74, 6) is -0.450. The first-order valence-electron chi connectivity index (χ1n) is 7.49. The smallest absolute Gasteiger partial charge is 0.322 e. The maximum atomic E-state index is 10.8. The average Bonchev–Trinajstić information content (AvgIpc) is 2.64. The Morgan fingerprint density at radius 2 is 1.77 bits per heavy atom. The van der Waals surface area contributed by atoms with Crippen molar-refractivity contribution in [2.75, 3.05) is 17.2 Å². The molecule has 132 valence electrons. The minimum atomic E-state index is -1.02. The zero-order valence-electron chi connectivity index (χ0n) is 13.3. The topological polar surface area (TPSA) is 100 Å². The van der Waals surface area contributed by atoms with Crippen LogP contribution < -0.4 is 10.6 Å². The van der Waals surface area contributed by atoms with Crippen LogP contribution in [0.3, 0.4) is 0 Å². The number of rotatable bonds is 6. The Morgan fingerprint density at radius 1 is 1.08 bits per heavy atom. The van der Waals surface area contributed by atoms with E-state index in [1.54, 1.807) is 48.8 Å². The highest BCUT2D eigenvalue weighted by molar-refractivity contribution is 6.39. The highest BCUT2D eigenvalue weighted by Crippen LogP contribution is 2.33. The number of carbonyl (C=O) groups is 1. The van der Waals surface area contributed by atoms with Gasteiger partial charge in [-0.25, -0.2) is 4.98 Å². The zero-order valence-corrected chi connectivity index (χ0v) is 14.8. The van der Waals surface area contributed by atoms with Gasteiger partial charge in [-0.15, -0.1) is 0 Å². The van der Waals surface area contributed by atoms with Gasteiger partial charge in [0.15, 0.2) is 0 Å². The Kier molecular flexibility index (Phi) is 5.50. The maximum Gasteiger partial charge on any atom is 0.322 e. The normalized spacial score (nSPS) is 10.4. The van der Waals surface area contributed by atoms with E-state index in [4.69, 9.17) is 28.3 Å². The predicted octanol–water partition coefficient (Wildman–Crippen LogP) is 4.09. The van der Waals surface area contributed by atoms with Gasteiger partial charge in [-0.2, -0.15) is 4.98 Å². The number of hydrogen-bond acceptors (Lipinski definition) is 6. The number of carboxylic acid groups (broad SMARTS) is 1. The van der Waals surface area contributed by atoms with Crippen molar-refractivity contribution in [1.82, 2.24) is 15.0 Å². The van der Waals surface area contributed by atoms with E-state index >= 15 is 0 Å². The van der Waals surface area contributed by atoms with E-state index in [1.807, 2.05) is 0 Å². The molecule has 0 aliphatic carbocycles. The third-order valence-electron chi connectivity index (χ3n) is 3.32. The first kappa shape index (κ1) is 17.9. The van der Waals surface area contributed by atoms with Gasteiger partial charge in [0.25, 0.3) is 0 Å². The van der Waals surface area contributed by atoms with Crippen molar-refractivity contribution in [3.8, 4) is 11.3 Å². The van der Waals surface area contributed by atoms with Gasteiger partial charge in [-0.3, -0.25) is 9.78 Å². The number of carboxylic acids is 1. The molecule has 0 saturated carbocycles. The van der Waals surface area contributed by atoms with E-state index in [0.717, 1.165) is 5.56 Å². The lowest BCUT2D eigenvalue weighted by Gasteiger charge is -2.12. The predicted molar refractivity (Wildman–Crippen MR) is 101 cm³/mol. The first-order valence-corrected chi connectivity index (χ1v) is 8.24. The van der Waals surface area contributed by atoms with Crippen LogP contribution >= 0.6 is 23.2 Å². The van der Waals surface area contributed by atoms with Crippen LogP contribution in [0.4, 0.5) is 17.5 Å². The van der Waals surface area contributed by atoms with Crippen LogP contribution in [0.2, 0.25) is 10.0 Å². The molecular formula is C17H13Cl2N5O2. The third-order valence-corrected chi connectivity index (χ3v) is 3.95. The minimum Gasteiger partial charge on any atom is -0.480 e. The summed E-state index contributed by atoms with van der Waals surface area (Å²) in [6, 6.07) is 10.4. The summed E-state index contributed by atoms with van der Waals surface area (Å²) in [5.41, 5.74) is 1.88. The molecule has 0 saturated heterocycles. The number of nitrogens with zero attached hydrogens (tertiary/aromatic N) is 3. The van der Waals surface area contributed by atoms with Crippen molar-refractivity contribution in [3.05, 3.63) is 58.8 Å². The molecule has 9 heteroatoms. The molecule has 2 heterocycles. The van der Waals surface area contributed by atoms with Crippen molar-refractivity contribution < 1.29 is 9.90 Å². The molecule has 0 unspecified atom stereocenters. The molecule has 3 N–H and O–H groups in total. The van der Waals surface area contributed by atoms with E-state index in [2.05, 4.69) is 25.6 Å². The molecule has 0 spiro atoms. The lowest BCUT2D eigenvalue weighted by atomic mass is 10.2. The van der Waals surface area contributed by atoms with Gasteiger partial charge >= 0.3 is 5.97 Å². The fourth-order valence-electron chi connectivity index (χ4n) is 2.16. The standard InChI is InChI=1S/C17H13Cl2N5O2/c18-11-2-1-3-12(19)16(11)23-14-8-13(10-4-6-20-7-5-10)22-17(24-14)21-9-15(25)26/h1-8H,9H2,(H,25,26)(H2,21,22,23,24). The van der Waals surface area contributed by atoms with Gasteiger partial charge in [0, 0.05) is 24.0 Å². The van der Waals surface area contributed by atoms with Crippen LogP contribution in [0.1, 0.15) is 0 Å². The van der Waals surface area contributed by atoms with Crippen LogP contribution in [0, 0.1) is 0 Å². The summed E-state index contributed by atoms with van der Waals surface area (Å²) >= 11 is 12.4. The van der Waals surface area contributed by atoms with Crippen LogP contribution in [0.15, 0.2) is 48.8 Å². The van der Waals surface area contributed by atoms with E-state index < -0.39 is 5.97 Å². The number of anilines is 3. The summed E-state index contributed by atoms with van der Waals surface area (Å²) in [7, 11) is 0. The molecule has 7 nitrogen and oxygen atoms in total. The van der Waals surface area contributed by atoms with Crippen molar-refractivity contribution >= 4 is 46.6 Å². The highest BCUT2D eigenvalue weighted by Gasteiger charge is 2.11. The van der Waals surface area contributed by atoms with Crippen molar-refractivity contribution in [1.29, 1.82) is 0 Å². The highest BCUT2D eigenvalue weighted by atomic mass is 35.5.